The monoisotopic (exact) mass is 405 g/mol. The fourth-order valence-corrected chi connectivity index (χ4v) is 3.98. The average Bonchev–Trinajstić information content (AvgIpc) is 2.97. The quantitative estimate of drug-likeness (QED) is 0.638. The second kappa shape index (κ2) is 5.95. The van der Waals surface area contributed by atoms with Crippen molar-refractivity contribution in [3.05, 3.63) is 57.1 Å². The van der Waals surface area contributed by atoms with Crippen LogP contribution in [0, 0.1) is 5.41 Å². The lowest BCUT2D eigenvalue weighted by Crippen LogP contribution is -2.29. The molecule has 3 heterocycles. The van der Waals surface area contributed by atoms with E-state index in [0.717, 1.165) is 6.07 Å². The molecule has 29 heavy (non-hydrogen) atoms. The molecule has 3 aromatic heterocycles. The van der Waals surface area contributed by atoms with Gasteiger partial charge in [-0.1, -0.05) is 20.8 Å². The summed E-state index contributed by atoms with van der Waals surface area (Å²) in [5, 5.41) is 9.33. The van der Waals surface area contributed by atoms with Crippen LogP contribution in [0.15, 0.2) is 29.2 Å². The summed E-state index contributed by atoms with van der Waals surface area (Å²) < 4.78 is 41.8. The van der Waals surface area contributed by atoms with Crippen molar-refractivity contribution in [3.63, 3.8) is 0 Å². The Labute approximate surface area is 163 Å². The van der Waals surface area contributed by atoms with Crippen LogP contribution in [0.2, 0.25) is 0 Å². The van der Waals surface area contributed by atoms with E-state index in [1.165, 1.54) is 22.7 Å². The number of imidazole rings is 1. The van der Waals surface area contributed by atoms with Gasteiger partial charge in [-0.05, 0) is 41.5 Å². The summed E-state index contributed by atoms with van der Waals surface area (Å²) in [6.45, 7) is 5.88. The third kappa shape index (κ3) is 2.92. The molecule has 0 fully saturated rings. The molecule has 0 saturated carbocycles. The molecule has 0 radical (unpaired) electrons. The van der Waals surface area contributed by atoms with Gasteiger partial charge in [0.05, 0.1) is 17.0 Å². The minimum atomic E-state index is -4.58. The van der Waals surface area contributed by atoms with Crippen molar-refractivity contribution in [2.75, 3.05) is 0 Å². The van der Waals surface area contributed by atoms with Gasteiger partial charge in [0.25, 0.3) is 5.56 Å². The van der Waals surface area contributed by atoms with Crippen molar-refractivity contribution in [2.24, 2.45) is 5.41 Å². The molecule has 152 valence electrons. The molecule has 2 N–H and O–H groups in total. The van der Waals surface area contributed by atoms with E-state index in [1.807, 2.05) is 20.8 Å². The molecule has 1 atom stereocenters. The number of carboxylic acids is 1. The fraction of sp³-hybridized carbons (Fsp3) is 0.350. The number of nitrogens with zero attached hydrogens (tertiary/aromatic N) is 2. The number of carbonyl (C=O) groups is 1. The van der Waals surface area contributed by atoms with Gasteiger partial charge in [0, 0.05) is 6.20 Å². The number of halogens is 3. The van der Waals surface area contributed by atoms with E-state index in [0.29, 0.717) is 17.7 Å². The molecule has 1 aliphatic rings. The number of fused-ring (bicyclic) bond motifs is 5. The first-order valence-electron chi connectivity index (χ1n) is 8.97. The molecule has 1 aliphatic carbocycles. The zero-order valence-electron chi connectivity index (χ0n) is 15.9. The van der Waals surface area contributed by atoms with Gasteiger partial charge in [0.2, 0.25) is 0 Å². The van der Waals surface area contributed by atoms with Gasteiger partial charge in [-0.25, -0.2) is 9.78 Å². The highest BCUT2D eigenvalue weighted by atomic mass is 19.4. The molecular weight excluding hydrogens is 387 g/mol. The second-order valence-corrected chi connectivity index (χ2v) is 8.29. The van der Waals surface area contributed by atoms with E-state index in [2.05, 4.69) is 9.97 Å². The highest BCUT2D eigenvalue weighted by Crippen LogP contribution is 2.47. The van der Waals surface area contributed by atoms with E-state index in [1.54, 1.807) is 0 Å². The largest absolute Gasteiger partial charge is 0.477 e. The van der Waals surface area contributed by atoms with Crippen molar-refractivity contribution >= 4 is 11.6 Å². The van der Waals surface area contributed by atoms with Crippen LogP contribution in [0.25, 0.3) is 17.0 Å². The average molecular weight is 405 g/mol. The maximum atomic E-state index is 13.5. The van der Waals surface area contributed by atoms with Gasteiger partial charge >= 0.3 is 12.1 Å². The van der Waals surface area contributed by atoms with Crippen LogP contribution < -0.4 is 5.56 Å². The maximum absolute atomic E-state index is 13.5. The molecule has 4 rings (SSSR count). The molecule has 0 saturated heterocycles. The van der Waals surface area contributed by atoms with E-state index >= 15 is 0 Å². The number of hydrogen-bond acceptors (Lipinski definition) is 3. The molecular formula is C20H18F3N3O3. The summed E-state index contributed by atoms with van der Waals surface area (Å²) >= 11 is 0. The zero-order valence-corrected chi connectivity index (χ0v) is 15.9. The van der Waals surface area contributed by atoms with Crippen molar-refractivity contribution < 1.29 is 23.1 Å². The van der Waals surface area contributed by atoms with E-state index in [4.69, 9.17) is 0 Å². The number of carboxylic acid groups (broad SMARTS) is 1. The zero-order chi connectivity index (χ0) is 21.3. The summed E-state index contributed by atoms with van der Waals surface area (Å²) in [6, 6.07) is 3.60. The van der Waals surface area contributed by atoms with Crippen molar-refractivity contribution in [1.82, 2.24) is 14.4 Å². The standard InChI is InChI=1S/C20H18F3N3O3/c1-19(2,3)12-8-13-15(14-9(12)7-10(18(28)29)17(27)25-14)24-16-11(20(21,22)23)5-4-6-26(13)16/h4-7,12H,8H2,1-3H3,(H,25,27)(H,28,29). The highest BCUT2D eigenvalue weighted by molar-refractivity contribution is 5.88. The van der Waals surface area contributed by atoms with E-state index < -0.39 is 28.8 Å². The summed E-state index contributed by atoms with van der Waals surface area (Å²) in [5.41, 5.74) is -1.03. The molecule has 1 unspecified atom stereocenters. The van der Waals surface area contributed by atoms with Crippen molar-refractivity contribution in [2.45, 2.75) is 39.3 Å². The number of aromatic nitrogens is 3. The third-order valence-electron chi connectivity index (χ3n) is 5.41. The predicted molar refractivity (Wildman–Crippen MR) is 99.1 cm³/mol. The minimum absolute atomic E-state index is 0.227. The normalized spacial score (nSPS) is 16.6. The number of aromatic amines is 1. The summed E-state index contributed by atoms with van der Waals surface area (Å²) in [7, 11) is 0. The number of pyridine rings is 2. The molecule has 0 aliphatic heterocycles. The Balaban J connectivity index is 2.09. The molecule has 0 amide bonds. The summed E-state index contributed by atoms with van der Waals surface area (Å²) in [6.07, 6.45) is -2.70. The molecule has 6 nitrogen and oxygen atoms in total. The molecule has 0 aromatic carbocycles. The lowest BCUT2D eigenvalue weighted by Gasteiger charge is -2.35. The Hall–Kier alpha value is -3.10. The first-order chi connectivity index (χ1) is 13.4. The van der Waals surface area contributed by atoms with E-state index in [-0.39, 0.29) is 28.4 Å². The van der Waals surface area contributed by atoms with Crippen LogP contribution in [-0.4, -0.2) is 25.4 Å². The summed E-state index contributed by atoms with van der Waals surface area (Å²) in [5.74, 6) is -1.59. The van der Waals surface area contributed by atoms with Crippen LogP contribution in [0.5, 0.6) is 0 Å². The Morgan fingerprint density at radius 3 is 2.59 bits per heavy atom. The van der Waals surface area contributed by atoms with Gasteiger partial charge < -0.3 is 14.5 Å². The second-order valence-electron chi connectivity index (χ2n) is 8.29. The van der Waals surface area contributed by atoms with Crippen molar-refractivity contribution in [3.8, 4) is 11.4 Å². The first-order valence-corrected chi connectivity index (χ1v) is 8.97. The maximum Gasteiger partial charge on any atom is 0.419 e. The topological polar surface area (TPSA) is 87.5 Å². The molecule has 3 aromatic rings. The number of alkyl halides is 3. The van der Waals surface area contributed by atoms with Gasteiger partial charge in [-0.15, -0.1) is 0 Å². The van der Waals surface area contributed by atoms with Gasteiger partial charge in [0.15, 0.2) is 0 Å². The molecule has 0 spiro atoms. The number of nitrogens with one attached hydrogen (secondary N) is 1. The lowest BCUT2D eigenvalue weighted by molar-refractivity contribution is -0.136. The van der Waals surface area contributed by atoms with Crippen LogP contribution in [0.4, 0.5) is 13.2 Å². The Kier molecular flexibility index (Phi) is 3.94. The van der Waals surface area contributed by atoms with Crippen LogP contribution in [0.3, 0.4) is 0 Å². The van der Waals surface area contributed by atoms with E-state index in [9.17, 15) is 27.9 Å². The van der Waals surface area contributed by atoms with Gasteiger partial charge in [0.1, 0.15) is 16.9 Å². The number of rotatable bonds is 1. The Morgan fingerprint density at radius 1 is 1.31 bits per heavy atom. The smallest absolute Gasteiger partial charge is 0.419 e. The minimum Gasteiger partial charge on any atom is -0.477 e. The van der Waals surface area contributed by atoms with Gasteiger partial charge in [-0.3, -0.25) is 4.79 Å². The van der Waals surface area contributed by atoms with Crippen molar-refractivity contribution in [1.29, 1.82) is 0 Å². The number of H-pyrrole nitrogens is 1. The number of hydrogen-bond donors (Lipinski definition) is 2. The SMILES string of the molecule is CC(C)(C)C1Cc2c(nc3c(C(F)(F)F)cccn23)-c2[nH]c(=O)c(C(=O)O)cc21. The lowest BCUT2D eigenvalue weighted by atomic mass is 9.70. The van der Waals surface area contributed by atoms with Crippen LogP contribution in [0.1, 0.15) is 53.9 Å². The number of aromatic carboxylic acids is 1. The third-order valence-corrected chi connectivity index (χ3v) is 5.41. The highest BCUT2D eigenvalue weighted by Gasteiger charge is 2.39. The Morgan fingerprint density at radius 2 is 2.00 bits per heavy atom. The predicted octanol–water partition coefficient (Wildman–Crippen LogP) is 4.09. The van der Waals surface area contributed by atoms with Crippen LogP contribution in [-0.2, 0) is 12.6 Å². The molecule has 0 bridgehead atoms. The first kappa shape index (κ1) is 19.2. The molecule has 9 heteroatoms. The Bertz CT molecular complexity index is 1220. The van der Waals surface area contributed by atoms with Crippen LogP contribution >= 0.6 is 0 Å². The fourth-order valence-electron chi connectivity index (χ4n) is 3.98. The van der Waals surface area contributed by atoms with Gasteiger partial charge in [-0.2, -0.15) is 13.2 Å². The summed E-state index contributed by atoms with van der Waals surface area (Å²) in [4.78, 5) is 30.5.